The van der Waals surface area contributed by atoms with E-state index in [2.05, 4.69) is 22.3 Å². The zero-order valence-electron chi connectivity index (χ0n) is 16.2. The standard InChI is InChI=1S/C23H21N3O3/c1-15-21-18(14-19(20-10-6-12-28-20)24-22(21)29-25-15)23(27)26-11-5-9-17(26)13-16-7-3-2-4-8-16/h2-4,6-8,10,12,14,17H,5,9,11,13H2,1H3. The molecule has 0 spiro atoms. The largest absolute Gasteiger partial charge is 0.463 e. The lowest BCUT2D eigenvalue weighted by Crippen LogP contribution is -2.37. The maximum Gasteiger partial charge on any atom is 0.259 e. The van der Waals surface area contributed by atoms with E-state index in [0.717, 1.165) is 25.8 Å². The van der Waals surface area contributed by atoms with Crippen LogP contribution in [0.15, 0.2) is 63.7 Å². The summed E-state index contributed by atoms with van der Waals surface area (Å²) in [4.78, 5) is 20.1. The van der Waals surface area contributed by atoms with Gasteiger partial charge in [-0.1, -0.05) is 35.5 Å². The van der Waals surface area contributed by atoms with Crippen LogP contribution in [0.1, 0.15) is 34.5 Å². The van der Waals surface area contributed by atoms with Gasteiger partial charge >= 0.3 is 0 Å². The number of aromatic nitrogens is 2. The Bertz CT molecular complexity index is 1150. The highest BCUT2D eigenvalue weighted by molar-refractivity contribution is 6.07. The summed E-state index contributed by atoms with van der Waals surface area (Å²) < 4.78 is 10.9. The normalized spacial score (nSPS) is 16.6. The number of benzene rings is 1. The number of pyridine rings is 1. The summed E-state index contributed by atoms with van der Waals surface area (Å²) >= 11 is 0. The monoisotopic (exact) mass is 387 g/mol. The number of amides is 1. The van der Waals surface area contributed by atoms with E-state index in [4.69, 9.17) is 8.94 Å². The number of likely N-dealkylation sites (tertiary alicyclic amines) is 1. The lowest BCUT2D eigenvalue weighted by Gasteiger charge is -2.25. The van der Waals surface area contributed by atoms with Crippen molar-refractivity contribution in [1.82, 2.24) is 15.0 Å². The van der Waals surface area contributed by atoms with Gasteiger partial charge < -0.3 is 13.8 Å². The van der Waals surface area contributed by atoms with Crippen LogP contribution in [-0.4, -0.2) is 33.5 Å². The first kappa shape index (κ1) is 17.7. The van der Waals surface area contributed by atoms with E-state index in [1.165, 1.54) is 5.56 Å². The summed E-state index contributed by atoms with van der Waals surface area (Å²) in [5, 5.41) is 4.71. The van der Waals surface area contributed by atoms with Gasteiger partial charge in [-0.05, 0) is 49.9 Å². The number of rotatable bonds is 4. The average Bonchev–Trinajstić information content (AvgIpc) is 3.49. The summed E-state index contributed by atoms with van der Waals surface area (Å²) in [5.74, 6) is 0.590. The van der Waals surface area contributed by atoms with Gasteiger partial charge in [0.2, 0.25) is 0 Å². The van der Waals surface area contributed by atoms with Crippen LogP contribution in [0.25, 0.3) is 22.6 Å². The van der Waals surface area contributed by atoms with Crippen LogP contribution in [0, 0.1) is 6.92 Å². The molecule has 0 radical (unpaired) electrons. The van der Waals surface area contributed by atoms with Crippen LogP contribution in [0.2, 0.25) is 0 Å². The van der Waals surface area contributed by atoms with Crippen molar-refractivity contribution < 1.29 is 13.7 Å². The summed E-state index contributed by atoms with van der Waals surface area (Å²) in [5.41, 5.74) is 3.41. The molecule has 5 rings (SSSR count). The maximum absolute atomic E-state index is 13.6. The average molecular weight is 387 g/mol. The predicted octanol–water partition coefficient (Wildman–Crippen LogP) is 4.64. The van der Waals surface area contributed by atoms with Gasteiger partial charge in [0.1, 0.15) is 5.69 Å². The summed E-state index contributed by atoms with van der Waals surface area (Å²) in [6.07, 6.45) is 4.45. The van der Waals surface area contributed by atoms with Crippen molar-refractivity contribution in [2.24, 2.45) is 0 Å². The highest BCUT2D eigenvalue weighted by atomic mass is 16.5. The van der Waals surface area contributed by atoms with Crippen LogP contribution < -0.4 is 0 Å². The SMILES string of the molecule is Cc1noc2nc(-c3ccco3)cc(C(=O)N3CCCC3Cc3ccccc3)c12. The second kappa shape index (κ2) is 7.20. The number of nitrogens with zero attached hydrogens (tertiary/aromatic N) is 3. The molecular weight excluding hydrogens is 366 g/mol. The van der Waals surface area contributed by atoms with Gasteiger partial charge in [0.15, 0.2) is 5.76 Å². The third kappa shape index (κ3) is 3.20. The minimum Gasteiger partial charge on any atom is -0.463 e. The topological polar surface area (TPSA) is 72.4 Å². The molecule has 1 aromatic carbocycles. The van der Waals surface area contributed by atoms with E-state index in [1.54, 1.807) is 18.4 Å². The zero-order valence-corrected chi connectivity index (χ0v) is 16.2. The Labute approximate surface area is 168 Å². The molecule has 4 aromatic rings. The van der Waals surface area contributed by atoms with Crippen LogP contribution in [0.3, 0.4) is 0 Å². The molecule has 29 heavy (non-hydrogen) atoms. The van der Waals surface area contributed by atoms with Gasteiger partial charge in [-0.3, -0.25) is 4.79 Å². The lowest BCUT2D eigenvalue weighted by atomic mass is 10.0. The Balaban J connectivity index is 1.54. The van der Waals surface area contributed by atoms with Gasteiger partial charge in [0.25, 0.3) is 11.6 Å². The van der Waals surface area contributed by atoms with Crippen molar-refractivity contribution in [3.05, 3.63) is 71.6 Å². The lowest BCUT2D eigenvalue weighted by molar-refractivity contribution is 0.0738. The fourth-order valence-corrected chi connectivity index (χ4v) is 4.17. The molecule has 3 aromatic heterocycles. The first-order chi connectivity index (χ1) is 14.2. The van der Waals surface area contributed by atoms with Crippen LogP contribution in [-0.2, 0) is 6.42 Å². The van der Waals surface area contributed by atoms with Gasteiger partial charge in [-0.2, -0.15) is 0 Å². The van der Waals surface area contributed by atoms with Crippen LogP contribution >= 0.6 is 0 Å². The molecule has 0 bridgehead atoms. The fourth-order valence-electron chi connectivity index (χ4n) is 4.17. The third-order valence-corrected chi connectivity index (χ3v) is 5.57. The highest BCUT2D eigenvalue weighted by Crippen LogP contribution is 2.30. The van der Waals surface area contributed by atoms with E-state index in [9.17, 15) is 4.79 Å². The number of hydrogen-bond acceptors (Lipinski definition) is 5. The minimum atomic E-state index is -0.00469. The van der Waals surface area contributed by atoms with E-state index in [0.29, 0.717) is 33.8 Å². The van der Waals surface area contributed by atoms with Crippen molar-refractivity contribution in [3.63, 3.8) is 0 Å². The molecule has 146 valence electrons. The number of carbonyl (C=O) groups excluding carboxylic acids is 1. The molecule has 6 heteroatoms. The van der Waals surface area contributed by atoms with Gasteiger partial charge in [-0.15, -0.1) is 0 Å². The molecule has 1 atom stereocenters. The molecule has 1 aliphatic rings. The fraction of sp³-hybridized carbons (Fsp3) is 0.261. The van der Waals surface area contributed by atoms with E-state index in [1.807, 2.05) is 36.1 Å². The highest BCUT2D eigenvalue weighted by Gasteiger charge is 2.32. The third-order valence-electron chi connectivity index (χ3n) is 5.57. The molecule has 0 N–H and O–H groups in total. The Kier molecular flexibility index (Phi) is 4.39. The van der Waals surface area contributed by atoms with Gasteiger partial charge in [-0.25, -0.2) is 4.98 Å². The molecule has 1 amide bonds. The van der Waals surface area contributed by atoms with Crippen molar-refractivity contribution in [2.75, 3.05) is 6.54 Å². The zero-order chi connectivity index (χ0) is 19.8. The number of carbonyl (C=O) groups is 1. The van der Waals surface area contributed by atoms with E-state index < -0.39 is 0 Å². The Morgan fingerprint density at radius 3 is 2.86 bits per heavy atom. The molecule has 0 aliphatic carbocycles. The summed E-state index contributed by atoms with van der Waals surface area (Å²) in [7, 11) is 0. The molecule has 1 fully saturated rings. The molecule has 4 heterocycles. The van der Waals surface area contributed by atoms with Crippen molar-refractivity contribution >= 4 is 17.0 Å². The number of hydrogen-bond donors (Lipinski definition) is 0. The Morgan fingerprint density at radius 1 is 1.21 bits per heavy atom. The molecular formula is C23H21N3O3. The Morgan fingerprint density at radius 2 is 2.07 bits per heavy atom. The minimum absolute atomic E-state index is 0.00469. The van der Waals surface area contributed by atoms with E-state index >= 15 is 0 Å². The van der Waals surface area contributed by atoms with Crippen molar-refractivity contribution in [1.29, 1.82) is 0 Å². The molecule has 0 saturated carbocycles. The molecule has 1 unspecified atom stereocenters. The Hall–Kier alpha value is -3.41. The number of furan rings is 1. The quantitative estimate of drug-likeness (QED) is 0.510. The summed E-state index contributed by atoms with van der Waals surface area (Å²) in [6, 6.07) is 15.9. The van der Waals surface area contributed by atoms with Crippen molar-refractivity contribution in [3.8, 4) is 11.5 Å². The van der Waals surface area contributed by atoms with Crippen molar-refractivity contribution in [2.45, 2.75) is 32.2 Å². The predicted molar refractivity (Wildman–Crippen MR) is 108 cm³/mol. The van der Waals surface area contributed by atoms with E-state index in [-0.39, 0.29) is 11.9 Å². The smallest absolute Gasteiger partial charge is 0.259 e. The first-order valence-corrected chi connectivity index (χ1v) is 9.86. The second-order valence-electron chi connectivity index (χ2n) is 7.46. The molecule has 1 aliphatic heterocycles. The molecule has 6 nitrogen and oxygen atoms in total. The molecule has 1 saturated heterocycles. The van der Waals surface area contributed by atoms with Crippen LogP contribution in [0.4, 0.5) is 0 Å². The number of fused-ring (bicyclic) bond motifs is 1. The van der Waals surface area contributed by atoms with Crippen LogP contribution in [0.5, 0.6) is 0 Å². The first-order valence-electron chi connectivity index (χ1n) is 9.86. The second-order valence-corrected chi connectivity index (χ2v) is 7.46. The maximum atomic E-state index is 13.6. The van der Waals surface area contributed by atoms with Gasteiger partial charge in [0, 0.05) is 12.6 Å². The van der Waals surface area contributed by atoms with Gasteiger partial charge in [0.05, 0.1) is 22.9 Å². The number of aryl methyl sites for hydroxylation is 1. The summed E-state index contributed by atoms with van der Waals surface area (Å²) in [6.45, 7) is 2.59.